The molecule has 4 heteroatoms. The molecule has 1 aliphatic heterocycles. The van der Waals surface area contributed by atoms with Crippen LogP contribution in [0.15, 0.2) is 18.2 Å². The molecule has 1 saturated heterocycles. The first-order valence-electron chi connectivity index (χ1n) is 7.95. The molecule has 1 atom stereocenters. The Labute approximate surface area is 127 Å². The first kappa shape index (κ1) is 16.1. The first-order chi connectivity index (χ1) is 10.3. The van der Waals surface area contributed by atoms with E-state index in [4.69, 9.17) is 14.2 Å². The minimum absolute atomic E-state index is 0.445. The predicted octanol–water partition coefficient (Wildman–Crippen LogP) is 3.14. The van der Waals surface area contributed by atoms with Crippen molar-refractivity contribution >= 4 is 0 Å². The highest BCUT2D eigenvalue weighted by atomic mass is 16.5. The Balaban J connectivity index is 1.75. The highest BCUT2D eigenvalue weighted by Crippen LogP contribution is 2.28. The maximum absolute atomic E-state index is 5.74. The summed E-state index contributed by atoms with van der Waals surface area (Å²) >= 11 is 0. The van der Waals surface area contributed by atoms with E-state index in [0.717, 1.165) is 37.6 Å². The van der Waals surface area contributed by atoms with E-state index in [-0.39, 0.29) is 0 Å². The van der Waals surface area contributed by atoms with Crippen molar-refractivity contribution in [2.45, 2.75) is 45.3 Å². The van der Waals surface area contributed by atoms with Crippen molar-refractivity contribution in [2.24, 2.45) is 0 Å². The van der Waals surface area contributed by atoms with Crippen LogP contribution in [0.5, 0.6) is 11.5 Å². The van der Waals surface area contributed by atoms with Crippen molar-refractivity contribution < 1.29 is 14.2 Å². The lowest BCUT2D eigenvalue weighted by Crippen LogP contribution is -2.25. The molecule has 1 unspecified atom stereocenters. The molecule has 1 aliphatic rings. The molecular weight excluding hydrogens is 266 g/mol. The molecule has 118 valence electrons. The molecule has 1 aromatic carbocycles. The Bertz CT molecular complexity index is 416. The maximum atomic E-state index is 5.74. The summed E-state index contributed by atoms with van der Waals surface area (Å²) in [5.74, 6) is 1.60. The third-order valence-electron chi connectivity index (χ3n) is 3.77. The van der Waals surface area contributed by atoms with Gasteiger partial charge < -0.3 is 19.5 Å². The Morgan fingerprint density at radius 2 is 2.19 bits per heavy atom. The average molecular weight is 293 g/mol. The lowest BCUT2D eigenvalue weighted by atomic mass is 10.1. The number of hydrogen-bond acceptors (Lipinski definition) is 4. The van der Waals surface area contributed by atoms with Gasteiger partial charge in [0.15, 0.2) is 11.5 Å². The molecule has 1 aromatic rings. The summed E-state index contributed by atoms with van der Waals surface area (Å²) in [7, 11) is 1.67. The average Bonchev–Trinajstić information content (AvgIpc) is 2.53. The molecule has 1 heterocycles. The summed E-state index contributed by atoms with van der Waals surface area (Å²) in [6, 6.07) is 6.09. The molecule has 4 nitrogen and oxygen atoms in total. The van der Waals surface area contributed by atoms with E-state index in [2.05, 4.69) is 11.4 Å². The van der Waals surface area contributed by atoms with Gasteiger partial charge in [0, 0.05) is 13.2 Å². The highest BCUT2D eigenvalue weighted by molar-refractivity contribution is 5.42. The molecule has 1 N–H and O–H groups in total. The zero-order valence-corrected chi connectivity index (χ0v) is 13.2. The summed E-state index contributed by atoms with van der Waals surface area (Å²) < 4.78 is 16.6. The number of hydrogen-bond donors (Lipinski definition) is 1. The van der Waals surface area contributed by atoms with Crippen molar-refractivity contribution in [1.29, 1.82) is 0 Å². The minimum atomic E-state index is 0.445. The second kappa shape index (κ2) is 8.90. The van der Waals surface area contributed by atoms with Gasteiger partial charge in [-0.15, -0.1) is 0 Å². The van der Waals surface area contributed by atoms with Gasteiger partial charge in [0.25, 0.3) is 0 Å². The topological polar surface area (TPSA) is 39.7 Å². The Kier molecular flexibility index (Phi) is 6.83. The Morgan fingerprint density at radius 1 is 1.29 bits per heavy atom. The van der Waals surface area contributed by atoms with Crippen LogP contribution in [-0.4, -0.2) is 33.0 Å². The lowest BCUT2D eigenvalue weighted by Gasteiger charge is -2.22. The van der Waals surface area contributed by atoms with Gasteiger partial charge >= 0.3 is 0 Å². The van der Waals surface area contributed by atoms with Crippen LogP contribution in [0.4, 0.5) is 0 Å². The van der Waals surface area contributed by atoms with Gasteiger partial charge in [-0.3, -0.25) is 0 Å². The largest absolute Gasteiger partial charge is 0.493 e. The number of rotatable bonds is 8. The van der Waals surface area contributed by atoms with E-state index >= 15 is 0 Å². The van der Waals surface area contributed by atoms with Gasteiger partial charge in [0.05, 0.1) is 19.8 Å². The van der Waals surface area contributed by atoms with Gasteiger partial charge in [-0.2, -0.15) is 0 Å². The normalized spacial score (nSPS) is 18.5. The number of nitrogens with one attached hydrogen (secondary N) is 1. The third kappa shape index (κ3) is 5.21. The van der Waals surface area contributed by atoms with Crippen molar-refractivity contribution in [1.82, 2.24) is 5.32 Å². The van der Waals surface area contributed by atoms with Crippen LogP contribution in [0, 0.1) is 0 Å². The highest BCUT2D eigenvalue weighted by Gasteiger charge is 2.12. The fourth-order valence-corrected chi connectivity index (χ4v) is 2.63. The molecule has 1 fully saturated rings. The summed E-state index contributed by atoms with van der Waals surface area (Å²) in [6.45, 7) is 5.39. The van der Waals surface area contributed by atoms with Crippen LogP contribution in [0.1, 0.15) is 38.2 Å². The molecule has 0 saturated carbocycles. The number of methoxy groups -OCH3 is 1. The zero-order chi connectivity index (χ0) is 14.9. The molecule has 0 amide bonds. The van der Waals surface area contributed by atoms with Crippen LogP contribution >= 0.6 is 0 Å². The second-order valence-electron chi connectivity index (χ2n) is 5.37. The molecule has 0 aliphatic carbocycles. The predicted molar refractivity (Wildman–Crippen MR) is 84.1 cm³/mol. The van der Waals surface area contributed by atoms with E-state index in [1.807, 2.05) is 19.1 Å². The van der Waals surface area contributed by atoms with E-state index in [1.54, 1.807) is 7.11 Å². The molecule has 2 rings (SSSR count). The molecule has 21 heavy (non-hydrogen) atoms. The molecule has 0 spiro atoms. The lowest BCUT2D eigenvalue weighted by molar-refractivity contribution is 0.0115. The summed E-state index contributed by atoms with van der Waals surface area (Å²) in [6.07, 6.45) is 5.27. The van der Waals surface area contributed by atoms with Crippen LogP contribution < -0.4 is 14.8 Å². The minimum Gasteiger partial charge on any atom is -0.493 e. The van der Waals surface area contributed by atoms with E-state index in [0.29, 0.717) is 12.7 Å². The zero-order valence-electron chi connectivity index (χ0n) is 13.2. The van der Waals surface area contributed by atoms with E-state index in [9.17, 15) is 0 Å². The van der Waals surface area contributed by atoms with E-state index in [1.165, 1.54) is 24.8 Å². The fourth-order valence-electron chi connectivity index (χ4n) is 2.63. The number of benzene rings is 1. The van der Waals surface area contributed by atoms with Crippen LogP contribution in [0.25, 0.3) is 0 Å². The monoisotopic (exact) mass is 293 g/mol. The summed E-state index contributed by atoms with van der Waals surface area (Å²) in [5, 5.41) is 3.48. The smallest absolute Gasteiger partial charge is 0.161 e. The molecule has 0 radical (unpaired) electrons. The van der Waals surface area contributed by atoms with Crippen molar-refractivity contribution in [2.75, 3.05) is 26.9 Å². The van der Waals surface area contributed by atoms with Gasteiger partial charge in [-0.05, 0) is 56.8 Å². The molecule has 0 bridgehead atoms. The van der Waals surface area contributed by atoms with E-state index < -0.39 is 0 Å². The maximum Gasteiger partial charge on any atom is 0.161 e. The Hall–Kier alpha value is -1.26. The SMILES string of the molecule is CCOc1cc(CNCCC2CCCCO2)ccc1OC. The summed E-state index contributed by atoms with van der Waals surface area (Å²) in [4.78, 5) is 0. The first-order valence-corrected chi connectivity index (χ1v) is 7.95. The van der Waals surface area contributed by atoms with Gasteiger partial charge in [-0.1, -0.05) is 6.07 Å². The molecular formula is C17H27NO3. The second-order valence-corrected chi connectivity index (χ2v) is 5.37. The fraction of sp³-hybridized carbons (Fsp3) is 0.647. The van der Waals surface area contributed by atoms with Crippen molar-refractivity contribution in [3.8, 4) is 11.5 Å². The van der Waals surface area contributed by atoms with Crippen LogP contribution in [0.2, 0.25) is 0 Å². The van der Waals surface area contributed by atoms with Crippen molar-refractivity contribution in [3.05, 3.63) is 23.8 Å². The standard InChI is InChI=1S/C17H27NO3/c1-3-20-17-12-14(7-8-16(17)19-2)13-18-10-9-15-6-4-5-11-21-15/h7-8,12,15,18H,3-6,9-11,13H2,1-2H3. The van der Waals surface area contributed by atoms with Gasteiger partial charge in [-0.25, -0.2) is 0 Å². The quantitative estimate of drug-likeness (QED) is 0.747. The van der Waals surface area contributed by atoms with Crippen LogP contribution in [-0.2, 0) is 11.3 Å². The van der Waals surface area contributed by atoms with Crippen molar-refractivity contribution in [3.63, 3.8) is 0 Å². The summed E-state index contributed by atoms with van der Waals surface area (Å²) in [5.41, 5.74) is 1.21. The van der Waals surface area contributed by atoms with Crippen LogP contribution in [0.3, 0.4) is 0 Å². The molecule has 0 aromatic heterocycles. The van der Waals surface area contributed by atoms with Gasteiger partial charge in [0.1, 0.15) is 0 Å². The third-order valence-corrected chi connectivity index (χ3v) is 3.77. The Morgan fingerprint density at radius 3 is 2.90 bits per heavy atom. The van der Waals surface area contributed by atoms with Gasteiger partial charge in [0.2, 0.25) is 0 Å². The number of ether oxygens (including phenoxy) is 3.